The smallest absolute Gasteiger partial charge is 0.103 e. The summed E-state index contributed by atoms with van der Waals surface area (Å²) < 4.78 is 0. The number of rotatable bonds is 3. The minimum absolute atomic E-state index is 0.618. The van der Waals surface area contributed by atoms with Crippen LogP contribution in [0.2, 0.25) is 0 Å². The van der Waals surface area contributed by atoms with Crippen LogP contribution in [-0.2, 0) is 6.42 Å². The first-order valence-corrected chi connectivity index (χ1v) is 7.25. The Hall–Kier alpha value is -1.26. The third-order valence-electron chi connectivity index (χ3n) is 3.33. The van der Waals surface area contributed by atoms with Crippen LogP contribution in [0.15, 0.2) is 24.4 Å². The van der Waals surface area contributed by atoms with Crippen LogP contribution in [0.3, 0.4) is 0 Å². The summed E-state index contributed by atoms with van der Waals surface area (Å²) in [6.45, 7) is 3.29. The number of aryl methyl sites for hydroxylation is 1. The molecule has 1 atom stereocenters. The maximum Gasteiger partial charge on any atom is 0.103 e. The van der Waals surface area contributed by atoms with E-state index in [4.69, 9.17) is 4.98 Å². The Balaban J connectivity index is 1.82. The number of thiazole rings is 1. The molecule has 1 aliphatic rings. The van der Waals surface area contributed by atoms with Gasteiger partial charge in [-0.2, -0.15) is 0 Å². The third-order valence-corrected chi connectivity index (χ3v) is 4.32. The van der Waals surface area contributed by atoms with E-state index in [9.17, 15) is 0 Å². The van der Waals surface area contributed by atoms with Crippen molar-refractivity contribution in [3.05, 3.63) is 34.3 Å². The Labute approximate surface area is 111 Å². The molecule has 1 N–H and O–H groups in total. The third kappa shape index (κ3) is 2.44. The van der Waals surface area contributed by atoms with Gasteiger partial charge in [0, 0.05) is 23.5 Å². The molecule has 2 aromatic heterocycles. The quantitative estimate of drug-likeness (QED) is 0.921. The van der Waals surface area contributed by atoms with Crippen LogP contribution in [-0.4, -0.2) is 22.6 Å². The van der Waals surface area contributed by atoms with Crippen LogP contribution in [0.5, 0.6) is 0 Å². The Kier molecular flexibility index (Phi) is 3.39. The van der Waals surface area contributed by atoms with Gasteiger partial charge in [-0.3, -0.25) is 4.98 Å². The molecule has 18 heavy (non-hydrogen) atoms. The van der Waals surface area contributed by atoms with Gasteiger partial charge in [-0.25, -0.2) is 4.98 Å². The average molecular weight is 259 g/mol. The van der Waals surface area contributed by atoms with Crippen molar-refractivity contribution < 1.29 is 0 Å². The van der Waals surface area contributed by atoms with Crippen LogP contribution in [0.25, 0.3) is 11.4 Å². The van der Waals surface area contributed by atoms with Crippen LogP contribution in [0, 0.1) is 6.92 Å². The van der Waals surface area contributed by atoms with Gasteiger partial charge in [0.05, 0.1) is 10.7 Å². The molecular weight excluding hydrogens is 242 g/mol. The first-order chi connectivity index (χ1) is 8.83. The van der Waals surface area contributed by atoms with E-state index in [1.807, 2.05) is 24.4 Å². The summed E-state index contributed by atoms with van der Waals surface area (Å²) in [5, 5.41) is 4.75. The van der Waals surface area contributed by atoms with E-state index in [1.54, 1.807) is 11.3 Å². The minimum Gasteiger partial charge on any atom is -0.314 e. The molecule has 0 aromatic carbocycles. The molecule has 0 aliphatic carbocycles. The predicted molar refractivity (Wildman–Crippen MR) is 74.8 cm³/mol. The predicted octanol–water partition coefficient (Wildman–Crippen LogP) is 2.81. The second-order valence-corrected chi connectivity index (χ2v) is 6.01. The zero-order chi connectivity index (χ0) is 12.4. The maximum atomic E-state index is 4.76. The zero-order valence-corrected chi connectivity index (χ0v) is 11.3. The minimum atomic E-state index is 0.618. The molecule has 3 rings (SSSR count). The van der Waals surface area contributed by atoms with Gasteiger partial charge in [-0.05, 0) is 38.4 Å². The fourth-order valence-electron chi connectivity index (χ4n) is 2.42. The number of aromatic nitrogens is 2. The van der Waals surface area contributed by atoms with Crippen molar-refractivity contribution in [2.24, 2.45) is 0 Å². The molecule has 1 saturated heterocycles. The second-order valence-electron chi connectivity index (χ2n) is 4.72. The molecule has 1 aliphatic heterocycles. The van der Waals surface area contributed by atoms with Crippen molar-refractivity contribution in [3.63, 3.8) is 0 Å². The van der Waals surface area contributed by atoms with Gasteiger partial charge in [0.2, 0.25) is 0 Å². The lowest BCUT2D eigenvalue weighted by atomic mass is 10.2. The number of nitrogens with one attached hydrogen (secondary N) is 1. The standard InChI is InChI=1S/C14H17N3S/c1-10-14(12-6-2-3-7-16-12)17-13(18-10)9-11-5-4-8-15-11/h2-3,6-7,11,15H,4-5,8-9H2,1H3. The first-order valence-electron chi connectivity index (χ1n) is 6.44. The molecule has 3 heterocycles. The van der Waals surface area contributed by atoms with Gasteiger partial charge < -0.3 is 5.32 Å². The van der Waals surface area contributed by atoms with Crippen molar-refractivity contribution in [1.29, 1.82) is 0 Å². The SMILES string of the molecule is Cc1sc(CC2CCCN2)nc1-c1ccccn1. The van der Waals surface area contributed by atoms with Crippen molar-refractivity contribution in [1.82, 2.24) is 15.3 Å². The van der Waals surface area contributed by atoms with Gasteiger partial charge in [0.25, 0.3) is 0 Å². The van der Waals surface area contributed by atoms with Crippen molar-refractivity contribution >= 4 is 11.3 Å². The Morgan fingerprint density at radius 2 is 2.39 bits per heavy atom. The van der Waals surface area contributed by atoms with E-state index in [0.29, 0.717) is 6.04 Å². The van der Waals surface area contributed by atoms with Gasteiger partial charge in [0.15, 0.2) is 0 Å². The highest BCUT2D eigenvalue weighted by Gasteiger charge is 2.18. The van der Waals surface area contributed by atoms with Crippen molar-refractivity contribution in [2.45, 2.75) is 32.2 Å². The molecule has 4 heteroatoms. The Bertz CT molecular complexity index is 515. The average Bonchev–Trinajstić information content (AvgIpc) is 3.01. The lowest BCUT2D eigenvalue weighted by Crippen LogP contribution is -2.23. The number of hydrogen-bond acceptors (Lipinski definition) is 4. The molecule has 0 radical (unpaired) electrons. The fourth-order valence-corrected chi connectivity index (χ4v) is 3.44. The molecule has 2 aromatic rings. The summed E-state index contributed by atoms with van der Waals surface area (Å²) in [5.74, 6) is 0. The molecule has 1 unspecified atom stereocenters. The summed E-state index contributed by atoms with van der Waals surface area (Å²) in [5.41, 5.74) is 2.03. The van der Waals surface area contributed by atoms with Gasteiger partial charge >= 0.3 is 0 Å². The molecule has 3 nitrogen and oxygen atoms in total. The number of nitrogens with zero attached hydrogens (tertiary/aromatic N) is 2. The largest absolute Gasteiger partial charge is 0.314 e. The van der Waals surface area contributed by atoms with E-state index in [-0.39, 0.29) is 0 Å². The monoisotopic (exact) mass is 259 g/mol. The highest BCUT2D eigenvalue weighted by atomic mass is 32.1. The number of hydrogen-bond donors (Lipinski definition) is 1. The van der Waals surface area contributed by atoms with E-state index in [1.165, 1.54) is 22.7 Å². The van der Waals surface area contributed by atoms with Crippen LogP contribution in [0.4, 0.5) is 0 Å². The van der Waals surface area contributed by atoms with Gasteiger partial charge in [0.1, 0.15) is 5.69 Å². The normalized spacial score (nSPS) is 19.3. The summed E-state index contributed by atoms with van der Waals surface area (Å²) in [6.07, 6.45) is 5.45. The Morgan fingerprint density at radius 3 is 3.11 bits per heavy atom. The maximum absolute atomic E-state index is 4.76. The highest BCUT2D eigenvalue weighted by Crippen LogP contribution is 2.27. The Morgan fingerprint density at radius 1 is 1.44 bits per heavy atom. The molecular formula is C14H17N3S. The second kappa shape index (κ2) is 5.16. The van der Waals surface area contributed by atoms with Crippen LogP contribution >= 0.6 is 11.3 Å². The van der Waals surface area contributed by atoms with E-state index in [0.717, 1.165) is 24.4 Å². The topological polar surface area (TPSA) is 37.8 Å². The summed E-state index contributed by atoms with van der Waals surface area (Å²) in [7, 11) is 0. The van der Waals surface area contributed by atoms with Gasteiger partial charge in [-0.1, -0.05) is 6.07 Å². The fraction of sp³-hybridized carbons (Fsp3) is 0.429. The zero-order valence-electron chi connectivity index (χ0n) is 10.5. The summed E-state index contributed by atoms with van der Waals surface area (Å²) in [4.78, 5) is 10.4. The van der Waals surface area contributed by atoms with E-state index < -0.39 is 0 Å². The van der Waals surface area contributed by atoms with Crippen molar-refractivity contribution in [3.8, 4) is 11.4 Å². The highest BCUT2D eigenvalue weighted by molar-refractivity contribution is 7.12. The number of pyridine rings is 1. The lowest BCUT2D eigenvalue weighted by Gasteiger charge is -2.06. The summed E-state index contributed by atoms with van der Waals surface area (Å²) in [6, 6.07) is 6.60. The van der Waals surface area contributed by atoms with Crippen molar-refractivity contribution in [2.75, 3.05) is 6.54 Å². The molecule has 0 saturated carbocycles. The van der Waals surface area contributed by atoms with E-state index in [2.05, 4.69) is 17.2 Å². The molecule has 0 amide bonds. The summed E-state index contributed by atoms with van der Waals surface area (Å²) >= 11 is 1.80. The molecule has 94 valence electrons. The van der Waals surface area contributed by atoms with Gasteiger partial charge in [-0.15, -0.1) is 11.3 Å². The lowest BCUT2D eigenvalue weighted by molar-refractivity contribution is 0.601. The molecule has 1 fully saturated rings. The first kappa shape index (κ1) is 11.8. The molecule has 0 spiro atoms. The van der Waals surface area contributed by atoms with Crippen LogP contribution < -0.4 is 5.32 Å². The van der Waals surface area contributed by atoms with Crippen LogP contribution in [0.1, 0.15) is 22.7 Å². The van der Waals surface area contributed by atoms with E-state index >= 15 is 0 Å². The molecule has 0 bridgehead atoms.